The van der Waals surface area contributed by atoms with Crippen LogP contribution in [0.4, 0.5) is 0 Å². The van der Waals surface area contributed by atoms with E-state index >= 15 is 0 Å². The summed E-state index contributed by atoms with van der Waals surface area (Å²) < 4.78 is 7.70. The summed E-state index contributed by atoms with van der Waals surface area (Å²) in [4.78, 5) is 2.63. The fourth-order valence-corrected chi connectivity index (χ4v) is 5.32. The van der Waals surface area contributed by atoms with Crippen LogP contribution in [0.1, 0.15) is 0 Å². The van der Waals surface area contributed by atoms with Crippen LogP contribution in [0, 0.1) is 0 Å². The predicted molar refractivity (Wildman–Crippen MR) is 97.2 cm³/mol. The zero-order valence-corrected chi connectivity index (χ0v) is 13.3. The molecule has 2 aromatic carbocycles. The molecule has 0 radical (unpaired) electrons. The van der Waals surface area contributed by atoms with E-state index in [-0.39, 0.29) is 6.92 Å². The summed E-state index contributed by atoms with van der Waals surface area (Å²) in [5.41, 5.74) is 2.53. The van der Waals surface area contributed by atoms with Gasteiger partial charge in [0.05, 0.1) is 4.88 Å². The Labute approximate surface area is 136 Å². The van der Waals surface area contributed by atoms with E-state index in [1.165, 1.54) is 30.8 Å². The average molecular weight is 318 g/mol. The molecule has 104 valence electrons. The minimum absolute atomic E-state index is 0.0190. The second-order valence-corrected chi connectivity index (χ2v) is 7.33. The molecule has 1 aliphatic heterocycles. The van der Waals surface area contributed by atoms with Crippen molar-refractivity contribution in [2.45, 2.75) is 0 Å². The van der Waals surface area contributed by atoms with E-state index in [4.69, 9.17) is 4.65 Å². The molecule has 2 aromatic heterocycles. The fraction of sp³-hybridized carbons (Fsp3) is 0. The Morgan fingerprint density at radius 1 is 0.818 bits per heavy atom. The van der Waals surface area contributed by atoms with Crippen LogP contribution in [0.3, 0.4) is 0 Å². The van der Waals surface area contributed by atoms with Gasteiger partial charge in [-0.05, 0) is 33.8 Å². The van der Waals surface area contributed by atoms with Crippen molar-refractivity contribution >= 4 is 50.6 Å². The zero-order chi connectivity index (χ0) is 14.5. The quantitative estimate of drug-likeness (QED) is 0.480. The van der Waals surface area contributed by atoms with Gasteiger partial charge in [-0.15, -0.1) is 22.7 Å². The van der Waals surface area contributed by atoms with Gasteiger partial charge in [-0.1, -0.05) is 48.5 Å². The van der Waals surface area contributed by atoms with E-state index in [0.29, 0.717) is 0 Å². The van der Waals surface area contributed by atoms with Gasteiger partial charge in [0.1, 0.15) is 5.75 Å². The van der Waals surface area contributed by atoms with Crippen molar-refractivity contribution in [3.8, 4) is 15.5 Å². The van der Waals surface area contributed by atoms with Crippen LogP contribution in [-0.2, 0) is 0 Å². The van der Waals surface area contributed by atoms with Crippen LogP contribution in [0.15, 0.2) is 66.0 Å². The number of hydrogen-bond donors (Lipinski definition) is 0. The second-order valence-electron chi connectivity index (χ2n) is 5.36. The van der Waals surface area contributed by atoms with Crippen molar-refractivity contribution in [1.29, 1.82) is 0 Å². The molecule has 0 saturated carbocycles. The van der Waals surface area contributed by atoms with E-state index < -0.39 is 0 Å². The molecule has 0 amide bonds. The van der Waals surface area contributed by atoms with E-state index in [1.54, 1.807) is 11.3 Å². The first-order valence-electron chi connectivity index (χ1n) is 7.23. The highest BCUT2D eigenvalue weighted by atomic mass is 32.1. The lowest BCUT2D eigenvalue weighted by Gasteiger charge is -2.22. The lowest BCUT2D eigenvalue weighted by atomic mass is 9.53. The highest BCUT2D eigenvalue weighted by molar-refractivity contribution is 7.28. The van der Waals surface area contributed by atoms with Crippen LogP contribution in [0.2, 0.25) is 0 Å². The van der Waals surface area contributed by atoms with Gasteiger partial charge in [0, 0.05) is 9.58 Å². The Hall–Kier alpha value is -2.04. The monoisotopic (exact) mass is 318 g/mol. The Balaban J connectivity index is 1.85. The number of benzene rings is 2. The first-order valence-corrected chi connectivity index (χ1v) is 8.92. The summed E-state index contributed by atoms with van der Waals surface area (Å²) in [5, 5.41) is 3.43. The Morgan fingerprint density at radius 2 is 1.64 bits per heavy atom. The van der Waals surface area contributed by atoms with E-state index in [1.807, 2.05) is 11.3 Å². The molecular weight excluding hydrogens is 307 g/mol. The SMILES string of the molecule is c1ccc(B2Oc3ccsc3-c3sc4ccccc4c32)cc1. The third kappa shape index (κ3) is 1.71. The molecule has 0 unspecified atom stereocenters. The minimum atomic E-state index is -0.0190. The number of hydrogen-bond acceptors (Lipinski definition) is 3. The molecule has 0 aliphatic carbocycles. The Bertz CT molecular complexity index is 971. The van der Waals surface area contributed by atoms with Gasteiger partial charge < -0.3 is 4.65 Å². The van der Waals surface area contributed by atoms with Crippen molar-refractivity contribution < 1.29 is 4.65 Å². The molecule has 22 heavy (non-hydrogen) atoms. The predicted octanol–water partition coefficient (Wildman–Crippen LogP) is 4.13. The van der Waals surface area contributed by atoms with Crippen LogP contribution in [-0.4, -0.2) is 6.92 Å². The fourth-order valence-electron chi connectivity index (χ4n) is 3.10. The molecule has 3 heterocycles. The molecule has 0 spiro atoms. The first kappa shape index (κ1) is 12.5. The molecule has 0 N–H and O–H groups in total. The molecule has 1 nitrogen and oxygen atoms in total. The molecule has 4 heteroatoms. The highest BCUT2D eigenvalue weighted by Crippen LogP contribution is 2.43. The summed E-state index contributed by atoms with van der Waals surface area (Å²) in [6, 6.07) is 21.2. The van der Waals surface area contributed by atoms with E-state index in [0.717, 1.165) is 5.75 Å². The van der Waals surface area contributed by atoms with Crippen molar-refractivity contribution in [2.24, 2.45) is 0 Å². The maximum Gasteiger partial charge on any atom is 0.428 e. The Morgan fingerprint density at radius 3 is 2.55 bits per heavy atom. The topological polar surface area (TPSA) is 9.23 Å². The van der Waals surface area contributed by atoms with Crippen LogP contribution < -0.4 is 15.6 Å². The lowest BCUT2D eigenvalue weighted by molar-refractivity contribution is 0.594. The first-order chi connectivity index (χ1) is 10.9. The number of rotatable bonds is 1. The minimum Gasteiger partial charge on any atom is -0.550 e. The van der Waals surface area contributed by atoms with Gasteiger partial charge >= 0.3 is 6.92 Å². The molecule has 0 bridgehead atoms. The maximum absolute atomic E-state index is 6.37. The summed E-state index contributed by atoms with van der Waals surface area (Å²) in [6.07, 6.45) is 0. The van der Waals surface area contributed by atoms with Crippen molar-refractivity contribution in [2.75, 3.05) is 0 Å². The number of fused-ring (bicyclic) bond motifs is 5. The van der Waals surface area contributed by atoms with Crippen molar-refractivity contribution in [1.82, 2.24) is 0 Å². The molecule has 0 saturated heterocycles. The summed E-state index contributed by atoms with van der Waals surface area (Å²) >= 11 is 3.64. The zero-order valence-electron chi connectivity index (χ0n) is 11.7. The molecule has 5 rings (SSSR count). The van der Waals surface area contributed by atoms with Gasteiger partial charge in [0.15, 0.2) is 0 Å². The summed E-state index contributed by atoms with van der Waals surface area (Å²) in [5.74, 6) is 1.01. The van der Waals surface area contributed by atoms with Gasteiger partial charge in [0.25, 0.3) is 0 Å². The Kier molecular flexibility index (Phi) is 2.69. The van der Waals surface area contributed by atoms with Gasteiger partial charge in [-0.3, -0.25) is 0 Å². The second kappa shape index (κ2) is 4.73. The van der Waals surface area contributed by atoms with Crippen LogP contribution >= 0.6 is 22.7 Å². The lowest BCUT2D eigenvalue weighted by Crippen LogP contribution is -2.49. The summed E-state index contributed by atoms with van der Waals surface area (Å²) in [7, 11) is 0. The third-order valence-electron chi connectivity index (χ3n) is 4.08. The highest BCUT2D eigenvalue weighted by Gasteiger charge is 2.36. The largest absolute Gasteiger partial charge is 0.550 e. The third-order valence-corrected chi connectivity index (χ3v) is 6.32. The van der Waals surface area contributed by atoms with Crippen molar-refractivity contribution in [3.63, 3.8) is 0 Å². The van der Waals surface area contributed by atoms with E-state index in [2.05, 4.69) is 66.0 Å². The van der Waals surface area contributed by atoms with Crippen molar-refractivity contribution in [3.05, 3.63) is 66.0 Å². The number of thiophene rings is 2. The molecular formula is C18H11BOS2. The normalized spacial score (nSPS) is 12.8. The van der Waals surface area contributed by atoms with Crippen LogP contribution in [0.25, 0.3) is 19.8 Å². The molecule has 0 atom stereocenters. The summed E-state index contributed by atoms with van der Waals surface area (Å²) in [6.45, 7) is -0.0190. The maximum atomic E-state index is 6.37. The van der Waals surface area contributed by atoms with Gasteiger partial charge in [-0.25, -0.2) is 0 Å². The molecule has 1 aliphatic rings. The smallest absolute Gasteiger partial charge is 0.428 e. The van der Waals surface area contributed by atoms with E-state index in [9.17, 15) is 0 Å². The van der Waals surface area contributed by atoms with Gasteiger partial charge in [-0.2, -0.15) is 0 Å². The average Bonchev–Trinajstić information content (AvgIpc) is 3.19. The van der Waals surface area contributed by atoms with Gasteiger partial charge in [0.2, 0.25) is 0 Å². The molecule has 0 fully saturated rings. The van der Waals surface area contributed by atoms with Crippen LogP contribution in [0.5, 0.6) is 5.75 Å². The molecule has 4 aromatic rings. The standard InChI is InChI=1S/C18H11BOS2/c1-2-6-12(7-3-1)19-16-13-8-4-5-9-15(13)22-18(16)17-14(20-19)10-11-21-17/h1-11H.